The summed E-state index contributed by atoms with van der Waals surface area (Å²) in [5, 5.41) is 17.1. The predicted molar refractivity (Wildman–Crippen MR) is 81.6 cm³/mol. The Labute approximate surface area is 129 Å². The van der Waals surface area contributed by atoms with Gasteiger partial charge in [-0.05, 0) is 37.8 Å². The van der Waals surface area contributed by atoms with Gasteiger partial charge in [-0.1, -0.05) is 11.6 Å². The van der Waals surface area contributed by atoms with Crippen LogP contribution in [0.3, 0.4) is 0 Å². The lowest BCUT2D eigenvalue weighted by Gasteiger charge is -2.46. The first kappa shape index (κ1) is 13.6. The zero-order valence-electron chi connectivity index (χ0n) is 11.8. The summed E-state index contributed by atoms with van der Waals surface area (Å²) >= 11 is 6.17. The van der Waals surface area contributed by atoms with Gasteiger partial charge in [-0.15, -0.1) is 0 Å². The van der Waals surface area contributed by atoms with Gasteiger partial charge in [0.2, 0.25) is 0 Å². The van der Waals surface area contributed by atoms with Gasteiger partial charge in [0.25, 0.3) is 0 Å². The standard InChI is InChI=1S/C15H16BClN2O2/c1-14(10-2-4-21-5-3-10)15(16,20)12-7-11(17)6-9-8-18-19(14)13(9)12/h6-8,10,20H,2-5H2,1H3. The normalized spacial score (nSPS) is 32.9. The number of benzene rings is 1. The highest BCUT2D eigenvalue weighted by molar-refractivity contribution is 6.31. The van der Waals surface area contributed by atoms with Crippen molar-refractivity contribution in [2.75, 3.05) is 13.2 Å². The van der Waals surface area contributed by atoms with Crippen molar-refractivity contribution in [1.82, 2.24) is 9.78 Å². The van der Waals surface area contributed by atoms with Crippen LogP contribution in [0, 0.1) is 5.92 Å². The molecule has 0 spiro atoms. The Hall–Kier alpha value is -1.04. The van der Waals surface area contributed by atoms with E-state index in [1.165, 1.54) is 0 Å². The molecule has 2 unspecified atom stereocenters. The third-order valence-electron chi connectivity index (χ3n) is 5.27. The van der Waals surface area contributed by atoms with E-state index < -0.39 is 11.0 Å². The van der Waals surface area contributed by atoms with Crippen LogP contribution >= 0.6 is 11.6 Å². The number of ether oxygens (including phenoxy) is 1. The van der Waals surface area contributed by atoms with Crippen LogP contribution in [0.15, 0.2) is 18.3 Å². The molecular formula is C15H16BClN2O2. The number of aliphatic hydroxyl groups is 1. The molecule has 0 bridgehead atoms. The number of rotatable bonds is 1. The molecule has 0 saturated carbocycles. The molecule has 1 aromatic heterocycles. The summed E-state index contributed by atoms with van der Waals surface area (Å²) in [5.74, 6) is 0.204. The Morgan fingerprint density at radius 3 is 2.86 bits per heavy atom. The van der Waals surface area contributed by atoms with E-state index in [-0.39, 0.29) is 5.92 Å². The van der Waals surface area contributed by atoms with Gasteiger partial charge in [-0.2, -0.15) is 5.10 Å². The van der Waals surface area contributed by atoms with Crippen LogP contribution in [-0.4, -0.2) is 35.9 Å². The summed E-state index contributed by atoms with van der Waals surface area (Å²) in [4.78, 5) is 0. The second kappa shape index (κ2) is 4.25. The Morgan fingerprint density at radius 1 is 1.43 bits per heavy atom. The van der Waals surface area contributed by atoms with Gasteiger partial charge < -0.3 is 9.84 Å². The fraction of sp³-hybridized carbons (Fsp3) is 0.533. The Balaban J connectivity index is 1.97. The van der Waals surface area contributed by atoms with E-state index >= 15 is 0 Å². The number of halogens is 1. The molecule has 1 fully saturated rings. The molecule has 2 aliphatic rings. The zero-order chi connectivity index (χ0) is 14.8. The maximum Gasteiger partial charge on any atom is 0.123 e. The largest absolute Gasteiger partial charge is 0.393 e. The Morgan fingerprint density at radius 2 is 2.14 bits per heavy atom. The second-order valence-corrected chi connectivity index (χ2v) is 6.68. The maximum absolute atomic E-state index is 11.1. The van der Waals surface area contributed by atoms with Crippen LogP contribution in [-0.2, 0) is 15.8 Å². The van der Waals surface area contributed by atoms with Crippen LogP contribution in [0.4, 0.5) is 0 Å². The van der Waals surface area contributed by atoms with Gasteiger partial charge in [-0.3, -0.25) is 4.68 Å². The lowest BCUT2D eigenvalue weighted by Crippen LogP contribution is -2.54. The van der Waals surface area contributed by atoms with E-state index in [0.29, 0.717) is 23.8 Å². The monoisotopic (exact) mass is 302 g/mol. The summed E-state index contributed by atoms with van der Waals surface area (Å²) in [5.41, 5.74) is -0.622. The highest BCUT2D eigenvalue weighted by Gasteiger charge is 2.56. The zero-order valence-corrected chi connectivity index (χ0v) is 12.6. The first-order valence-corrected chi connectivity index (χ1v) is 7.61. The van der Waals surface area contributed by atoms with E-state index in [0.717, 1.165) is 23.7 Å². The molecule has 4 nitrogen and oxygen atoms in total. The fourth-order valence-corrected chi connectivity index (χ4v) is 4.18. The van der Waals surface area contributed by atoms with Gasteiger partial charge in [0.1, 0.15) is 7.85 Å². The number of hydrogen-bond acceptors (Lipinski definition) is 3. The average molecular weight is 303 g/mol. The molecule has 3 heterocycles. The molecule has 1 N–H and O–H groups in total. The van der Waals surface area contributed by atoms with Crippen LogP contribution < -0.4 is 0 Å². The van der Waals surface area contributed by atoms with Gasteiger partial charge >= 0.3 is 0 Å². The van der Waals surface area contributed by atoms with Gasteiger partial charge in [-0.25, -0.2) is 0 Å². The molecule has 4 rings (SSSR count). The lowest BCUT2D eigenvalue weighted by atomic mass is 9.59. The molecule has 1 aromatic carbocycles. The summed E-state index contributed by atoms with van der Waals surface area (Å²) in [6.07, 6.45) is 3.51. The third-order valence-corrected chi connectivity index (χ3v) is 5.48. The van der Waals surface area contributed by atoms with E-state index in [9.17, 15) is 5.11 Å². The topological polar surface area (TPSA) is 47.3 Å². The van der Waals surface area contributed by atoms with Crippen LogP contribution in [0.5, 0.6) is 0 Å². The van der Waals surface area contributed by atoms with Crippen LogP contribution in [0.2, 0.25) is 5.02 Å². The van der Waals surface area contributed by atoms with Crippen molar-refractivity contribution < 1.29 is 9.84 Å². The predicted octanol–water partition coefficient (Wildman–Crippen LogP) is 2.16. The van der Waals surface area contributed by atoms with E-state index in [1.807, 2.05) is 17.7 Å². The average Bonchev–Trinajstić information content (AvgIpc) is 2.96. The number of aromatic nitrogens is 2. The fourth-order valence-electron chi connectivity index (χ4n) is 3.95. The second-order valence-electron chi connectivity index (χ2n) is 6.25. The van der Waals surface area contributed by atoms with Crippen molar-refractivity contribution in [3.63, 3.8) is 0 Å². The lowest BCUT2D eigenvalue weighted by molar-refractivity contribution is -0.0653. The molecule has 21 heavy (non-hydrogen) atoms. The van der Waals surface area contributed by atoms with Crippen LogP contribution in [0.1, 0.15) is 25.3 Å². The number of nitrogens with zero attached hydrogens (tertiary/aromatic N) is 2. The summed E-state index contributed by atoms with van der Waals surface area (Å²) in [6.45, 7) is 3.37. The molecule has 2 aliphatic heterocycles. The molecule has 0 amide bonds. The van der Waals surface area contributed by atoms with Crippen molar-refractivity contribution in [3.8, 4) is 0 Å². The van der Waals surface area contributed by atoms with E-state index in [2.05, 4.69) is 5.10 Å². The molecule has 108 valence electrons. The summed E-state index contributed by atoms with van der Waals surface area (Å²) in [6, 6.07) is 3.61. The highest BCUT2D eigenvalue weighted by Crippen LogP contribution is 2.53. The van der Waals surface area contributed by atoms with Crippen molar-refractivity contribution in [3.05, 3.63) is 28.9 Å². The van der Waals surface area contributed by atoms with Gasteiger partial charge in [0.05, 0.1) is 22.8 Å². The van der Waals surface area contributed by atoms with Crippen LogP contribution in [0.25, 0.3) is 10.9 Å². The van der Waals surface area contributed by atoms with Gasteiger partial charge in [0, 0.05) is 29.2 Å². The molecule has 6 heteroatoms. The Bertz CT molecular complexity index is 724. The molecule has 2 aromatic rings. The molecule has 1 saturated heterocycles. The smallest absolute Gasteiger partial charge is 0.123 e. The molecular weight excluding hydrogens is 286 g/mol. The number of hydrogen-bond donors (Lipinski definition) is 1. The first-order chi connectivity index (χ1) is 9.96. The van der Waals surface area contributed by atoms with Crippen molar-refractivity contribution in [2.45, 2.75) is 30.8 Å². The maximum atomic E-state index is 11.1. The molecule has 2 radical (unpaired) electrons. The quantitative estimate of drug-likeness (QED) is 0.821. The summed E-state index contributed by atoms with van der Waals surface area (Å²) < 4.78 is 7.34. The van der Waals surface area contributed by atoms with Crippen molar-refractivity contribution in [1.29, 1.82) is 0 Å². The minimum Gasteiger partial charge on any atom is -0.393 e. The van der Waals surface area contributed by atoms with E-state index in [4.69, 9.17) is 24.2 Å². The summed E-state index contributed by atoms with van der Waals surface area (Å²) in [7, 11) is 6.40. The first-order valence-electron chi connectivity index (χ1n) is 7.23. The SMILES string of the molecule is [B]C1(O)c2cc(Cl)cc3cnn(c23)C1(C)C1CCOCC1. The Kier molecular flexibility index (Phi) is 2.75. The minimum atomic E-state index is -1.48. The minimum absolute atomic E-state index is 0.204. The van der Waals surface area contributed by atoms with Crippen molar-refractivity contribution in [2.24, 2.45) is 5.92 Å². The molecule has 0 aliphatic carbocycles. The highest BCUT2D eigenvalue weighted by atomic mass is 35.5. The van der Waals surface area contributed by atoms with Crippen molar-refractivity contribution >= 4 is 30.4 Å². The third kappa shape index (κ3) is 1.57. The van der Waals surface area contributed by atoms with E-state index in [1.54, 1.807) is 12.3 Å². The van der Waals surface area contributed by atoms with Gasteiger partial charge in [0.15, 0.2) is 0 Å². The molecule has 2 atom stereocenters.